The van der Waals surface area contributed by atoms with Gasteiger partial charge in [-0.1, -0.05) is 19.4 Å². The Morgan fingerprint density at radius 1 is 1.14 bits per heavy atom. The molecule has 1 unspecified atom stereocenters. The number of benzene rings is 1. The normalized spacial score (nSPS) is 23.3. The molecule has 0 amide bonds. The van der Waals surface area contributed by atoms with Gasteiger partial charge in [-0.15, -0.1) is 0 Å². The van der Waals surface area contributed by atoms with Crippen molar-refractivity contribution in [2.45, 2.75) is 52.1 Å². The first-order valence-electron chi connectivity index (χ1n) is 8.89. The fraction of sp³-hybridized carbons (Fsp3) is 0.684. The molecule has 0 N–H and O–H groups in total. The predicted octanol–water partition coefficient (Wildman–Crippen LogP) is 3.62. The highest BCUT2D eigenvalue weighted by atomic mass is 16.5. The molecule has 122 valence electrons. The van der Waals surface area contributed by atoms with Gasteiger partial charge >= 0.3 is 0 Å². The summed E-state index contributed by atoms with van der Waals surface area (Å²) in [5, 5.41) is 0. The van der Waals surface area contributed by atoms with Crippen LogP contribution < -0.4 is 4.74 Å². The fourth-order valence-electron chi connectivity index (χ4n) is 4.06. The number of likely N-dealkylation sites (N-methyl/N-ethyl adjacent to an activating group) is 1. The zero-order valence-corrected chi connectivity index (χ0v) is 14.4. The molecule has 0 bridgehead atoms. The molecule has 0 saturated carbocycles. The first kappa shape index (κ1) is 15.8. The zero-order chi connectivity index (χ0) is 15.5. The van der Waals surface area contributed by atoms with Crippen LogP contribution in [0.2, 0.25) is 0 Å². The molecular formula is C19H30N2O. The second-order valence-corrected chi connectivity index (χ2v) is 6.75. The van der Waals surface area contributed by atoms with Crippen molar-refractivity contribution in [3.63, 3.8) is 0 Å². The van der Waals surface area contributed by atoms with Crippen LogP contribution in [-0.4, -0.2) is 43.1 Å². The van der Waals surface area contributed by atoms with E-state index in [2.05, 4.69) is 35.8 Å². The molecule has 0 radical (unpaired) electrons. The van der Waals surface area contributed by atoms with E-state index in [1.54, 1.807) is 0 Å². The number of hydrogen-bond acceptors (Lipinski definition) is 3. The van der Waals surface area contributed by atoms with Gasteiger partial charge < -0.3 is 4.74 Å². The van der Waals surface area contributed by atoms with E-state index < -0.39 is 0 Å². The second-order valence-electron chi connectivity index (χ2n) is 6.75. The average Bonchev–Trinajstić information content (AvgIpc) is 2.56. The second kappa shape index (κ2) is 7.01. The maximum atomic E-state index is 5.72. The van der Waals surface area contributed by atoms with Gasteiger partial charge in [0.1, 0.15) is 5.75 Å². The molecule has 3 rings (SSSR count). The number of nitrogens with zero attached hydrogens (tertiary/aromatic N) is 2. The van der Waals surface area contributed by atoms with E-state index in [-0.39, 0.29) is 0 Å². The quantitative estimate of drug-likeness (QED) is 0.845. The summed E-state index contributed by atoms with van der Waals surface area (Å²) >= 11 is 0. The number of likely N-dealkylation sites (tertiary alicyclic amines) is 1. The highest BCUT2D eigenvalue weighted by Gasteiger charge is 2.25. The summed E-state index contributed by atoms with van der Waals surface area (Å²) < 4.78 is 5.72. The minimum atomic E-state index is 0.506. The molecule has 0 aliphatic carbocycles. The summed E-state index contributed by atoms with van der Waals surface area (Å²) in [4.78, 5) is 5.13. The van der Waals surface area contributed by atoms with Crippen LogP contribution in [0.25, 0.3) is 0 Å². The Kier molecular flexibility index (Phi) is 5.04. The van der Waals surface area contributed by atoms with E-state index in [1.807, 2.05) is 7.11 Å². The van der Waals surface area contributed by atoms with Gasteiger partial charge in [0.2, 0.25) is 0 Å². The molecule has 1 atom stereocenters. The summed E-state index contributed by atoms with van der Waals surface area (Å²) in [6.45, 7) is 10.4. The highest BCUT2D eigenvalue weighted by molar-refractivity contribution is 5.45. The number of piperidine rings is 1. The summed E-state index contributed by atoms with van der Waals surface area (Å²) in [5.41, 5.74) is 4.37. The standard InChI is InChI=1S/C19H30N2O/c1-4-21-11-8-16-12-17(14-20-9-6-5-7-10-20)19(22-3)13-18(16)15(21)2/h12-13,15H,4-11,14H2,1-3H3. The van der Waals surface area contributed by atoms with Gasteiger partial charge in [-0.25, -0.2) is 0 Å². The molecule has 3 nitrogen and oxygen atoms in total. The van der Waals surface area contributed by atoms with Crippen LogP contribution in [-0.2, 0) is 13.0 Å². The summed E-state index contributed by atoms with van der Waals surface area (Å²) in [5.74, 6) is 1.08. The lowest BCUT2D eigenvalue weighted by atomic mass is 9.91. The minimum Gasteiger partial charge on any atom is -0.496 e. The summed E-state index contributed by atoms with van der Waals surface area (Å²) in [6.07, 6.45) is 5.25. The van der Waals surface area contributed by atoms with Crippen molar-refractivity contribution in [2.75, 3.05) is 33.3 Å². The Hall–Kier alpha value is -1.06. The van der Waals surface area contributed by atoms with Gasteiger partial charge in [0.25, 0.3) is 0 Å². The van der Waals surface area contributed by atoms with Gasteiger partial charge in [0.15, 0.2) is 0 Å². The third-order valence-electron chi connectivity index (χ3n) is 5.46. The fourth-order valence-corrected chi connectivity index (χ4v) is 4.06. The number of fused-ring (bicyclic) bond motifs is 1. The van der Waals surface area contributed by atoms with E-state index in [9.17, 15) is 0 Å². The van der Waals surface area contributed by atoms with Gasteiger partial charge in [0.05, 0.1) is 7.11 Å². The lowest BCUT2D eigenvalue weighted by Crippen LogP contribution is -2.34. The Morgan fingerprint density at radius 3 is 2.59 bits per heavy atom. The zero-order valence-electron chi connectivity index (χ0n) is 14.4. The summed E-state index contributed by atoms with van der Waals surface area (Å²) in [7, 11) is 1.81. The number of hydrogen-bond donors (Lipinski definition) is 0. The largest absolute Gasteiger partial charge is 0.496 e. The smallest absolute Gasteiger partial charge is 0.123 e. The number of ether oxygens (including phenoxy) is 1. The molecule has 3 heteroatoms. The molecule has 1 saturated heterocycles. The van der Waals surface area contributed by atoms with Crippen LogP contribution in [0.3, 0.4) is 0 Å². The van der Waals surface area contributed by atoms with Crippen molar-refractivity contribution in [1.29, 1.82) is 0 Å². The van der Waals surface area contributed by atoms with Crippen molar-refractivity contribution in [3.8, 4) is 5.75 Å². The number of methoxy groups -OCH3 is 1. The van der Waals surface area contributed by atoms with E-state index >= 15 is 0 Å². The average molecular weight is 302 g/mol. The first-order valence-corrected chi connectivity index (χ1v) is 8.89. The Balaban J connectivity index is 1.85. The third-order valence-corrected chi connectivity index (χ3v) is 5.46. The predicted molar refractivity (Wildman–Crippen MR) is 91.5 cm³/mol. The molecule has 2 heterocycles. The first-order chi connectivity index (χ1) is 10.7. The maximum Gasteiger partial charge on any atom is 0.123 e. The van der Waals surface area contributed by atoms with Gasteiger partial charge in [-0.2, -0.15) is 0 Å². The van der Waals surface area contributed by atoms with Crippen molar-refractivity contribution in [1.82, 2.24) is 9.80 Å². The monoisotopic (exact) mass is 302 g/mol. The highest BCUT2D eigenvalue weighted by Crippen LogP contribution is 2.35. The van der Waals surface area contributed by atoms with E-state index in [0.717, 1.165) is 18.8 Å². The Morgan fingerprint density at radius 2 is 1.91 bits per heavy atom. The molecule has 2 aliphatic rings. The molecule has 0 spiro atoms. The van der Waals surface area contributed by atoms with Crippen molar-refractivity contribution >= 4 is 0 Å². The third kappa shape index (κ3) is 3.16. The maximum absolute atomic E-state index is 5.72. The molecule has 2 aliphatic heterocycles. The molecular weight excluding hydrogens is 272 g/mol. The molecule has 1 aromatic rings. The van der Waals surface area contributed by atoms with Gasteiger partial charge in [0, 0.05) is 24.7 Å². The van der Waals surface area contributed by atoms with Crippen LogP contribution in [0.1, 0.15) is 55.8 Å². The van der Waals surface area contributed by atoms with Crippen LogP contribution >= 0.6 is 0 Å². The molecule has 22 heavy (non-hydrogen) atoms. The Bertz CT molecular complexity index is 508. The van der Waals surface area contributed by atoms with E-state index in [0.29, 0.717) is 6.04 Å². The lowest BCUT2D eigenvalue weighted by Gasteiger charge is -2.35. The van der Waals surface area contributed by atoms with Crippen LogP contribution in [0.15, 0.2) is 12.1 Å². The van der Waals surface area contributed by atoms with Crippen molar-refractivity contribution in [2.24, 2.45) is 0 Å². The van der Waals surface area contributed by atoms with Gasteiger partial charge in [-0.05, 0) is 63.0 Å². The molecule has 1 aromatic carbocycles. The van der Waals surface area contributed by atoms with Gasteiger partial charge in [-0.3, -0.25) is 9.80 Å². The number of rotatable bonds is 4. The molecule has 0 aromatic heterocycles. The van der Waals surface area contributed by atoms with Crippen molar-refractivity contribution in [3.05, 3.63) is 28.8 Å². The van der Waals surface area contributed by atoms with Crippen LogP contribution in [0, 0.1) is 0 Å². The van der Waals surface area contributed by atoms with E-state index in [4.69, 9.17) is 4.74 Å². The Labute approximate surface area is 135 Å². The minimum absolute atomic E-state index is 0.506. The summed E-state index contributed by atoms with van der Waals surface area (Å²) in [6, 6.07) is 5.24. The lowest BCUT2D eigenvalue weighted by molar-refractivity contribution is 0.207. The SMILES string of the molecule is CCN1CCc2cc(CN3CCCCC3)c(OC)cc2C1C. The van der Waals surface area contributed by atoms with Crippen LogP contribution in [0.4, 0.5) is 0 Å². The van der Waals surface area contributed by atoms with Crippen molar-refractivity contribution < 1.29 is 4.74 Å². The molecule has 1 fully saturated rings. The van der Waals surface area contributed by atoms with Crippen LogP contribution in [0.5, 0.6) is 5.75 Å². The van der Waals surface area contributed by atoms with E-state index in [1.165, 1.54) is 62.0 Å². The topological polar surface area (TPSA) is 15.7 Å².